The number of halogens is 2. The van der Waals surface area contributed by atoms with Gasteiger partial charge in [0.25, 0.3) is 5.91 Å². The number of rotatable bonds is 7. The van der Waals surface area contributed by atoms with Gasteiger partial charge >= 0.3 is 0 Å². The van der Waals surface area contributed by atoms with Crippen LogP contribution in [0, 0.1) is 6.92 Å². The molecule has 0 saturated carbocycles. The van der Waals surface area contributed by atoms with Gasteiger partial charge < -0.3 is 14.8 Å². The van der Waals surface area contributed by atoms with Gasteiger partial charge in [0.15, 0.2) is 12.4 Å². The summed E-state index contributed by atoms with van der Waals surface area (Å²) in [5.74, 6) is 1.66. The van der Waals surface area contributed by atoms with Gasteiger partial charge in [-0.1, -0.05) is 34.2 Å². The highest BCUT2D eigenvalue weighted by Gasteiger charge is 2.16. The van der Waals surface area contributed by atoms with Crippen LogP contribution in [0.3, 0.4) is 0 Å². The van der Waals surface area contributed by atoms with Crippen LogP contribution in [0.2, 0.25) is 0 Å². The summed E-state index contributed by atoms with van der Waals surface area (Å²) in [6.45, 7) is 3.78. The third-order valence-corrected chi connectivity index (χ3v) is 6.63. The van der Waals surface area contributed by atoms with E-state index >= 15 is 0 Å². The van der Waals surface area contributed by atoms with Crippen LogP contribution < -0.4 is 14.8 Å². The van der Waals surface area contributed by atoms with E-state index in [1.165, 1.54) is 11.3 Å². The highest BCUT2D eigenvalue weighted by molar-refractivity contribution is 9.11. The Hall–Kier alpha value is -2.50. The van der Waals surface area contributed by atoms with Crippen molar-refractivity contribution in [3.8, 4) is 22.1 Å². The van der Waals surface area contributed by atoms with E-state index < -0.39 is 0 Å². The van der Waals surface area contributed by atoms with E-state index in [1.54, 1.807) is 17.7 Å². The molecule has 2 aromatic heterocycles. The number of carbonyl (C=O) groups is 1. The molecule has 0 unspecified atom stereocenters. The molecule has 0 spiro atoms. The zero-order valence-electron chi connectivity index (χ0n) is 17.5. The standard InChI is InChI=1S/C21H19Br2N5O3S/c1-4-17-25-26-21-28(17)27-20(32-21)12-5-6-16(30-3)15(8-12)24-18(29)10-31-19-11(2)7-13(22)9-14(19)23/h5-9H,4,10H2,1-3H3,(H,24,29). The van der Waals surface area contributed by atoms with Crippen LogP contribution in [0.4, 0.5) is 5.69 Å². The minimum Gasteiger partial charge on any atom is -0.495 e. The van der Waals surface area contributed by atoms with Crippen LogP contribution in [-0.2, 0) is 11.2 Å². The Kier molecular flexibility index (Phi) is 6.77. The lowest BCUT2D eigenvalue weighted by Crippen LogP contribution is -2.21. The molecule has 0 aliphatic rings. The number of aryl methyl sites for hydroxylation is 2. The molecule has 1 amide bonds. The molecule has 11 heteroatoms. The SMILES string of the molecule is CCc1nnc2sc(-c3ccc(OC)c(NC(=O)COc4c(C)cc(Br)cc4Br)c3)nn12. The molecule has 0 aliphatic carbocycles. The number of anilines is 1. The van der Waals surface area contributed by atoms with E-state index in [0.29, 0.717) is 17.2 Å². The smallest absolute Gasteiger partial charge is 0.262 e. The van der Waals surface area contributed by atoms with Crippen molar-refractivity contribution in [3.05, 3.63) is 50.7 Å². The van der Waals surface area contributed by atoms with Crippen LogP contribution in [-0.4, -0.2) is 39.4 Å². The van der Waals surface area contributed by atoms with Crippen molar-refractivity contribution < 1.29 is 14.3 Å². The van der Waals surface area contributed by atoms with Gasteiger partial charge in [0.1, 0.15) is 16.5 Å². The molecule has 8 nitrogen and oxygen atoms in total. The lowest BCUT2D eigenvalue weighted by Gasteiger charge is -2.14. The van der Waals surface area contributed by atoms with Gasteiger partial charge in [-0.25, -0.2) is 0 Å². The molecule has 0 atom stereocenters. The average Bonchev–Trinajstić information content (AvgIpc) is 3.33. The van der Waals surface area contributed by atoms with Crippen molar-refractivity contribution in [1.29, 1.82) is 0 Å². The van der Waals surface area contributed by atoms with E-state index in [9.17, 15) is 4.79 Å². The number of methoxy groups -OCH3 is 1. The average molecular weight is 581 g/mol. The zero-order chi connectivity index (χ0) is 22.8. The second-order valence-electron chi connectivity index (χ2n) is 6.86. The van der Waals surface area contributed by atoms with Gasteiger partial charge in [0.05, 0.1) is 17.3 Å². The summed E-state index contributed by atoms with van der Waals surface area (Å²) in [6.07, 6.45) is 0.738. The van der Waals surface area contributed by atoms with Crippen molar-refractivity contribution in [2.24, 2.45) is 0 Å². The molecule has 2 heterocycles. The summed E-state index contributed by atoms with van der Waals surface area (Å²) >= 11 is 8.34. The first-order valence-electron chi connectivity index (χ1n) is 9.67. The Morgan fingerprint density at radius 3 is 2.75 bits per heavy atom. The topological polar surface area (TPSA) is 90.6 Å². The Balaban J connectivity index is 1.53. The van der Waals surface area contributed by atoms with Crippen LogP contribution in [0.15, 0.2) is 39.3 Å². The Morgan fingerprint density at radius 1 is 1.22 bits per heavy atom. The number of aromatic nitrogens is 4. The molecule has 1 N–H and O–H groups in total. The highest BCUT2D eigenvalue weighted by Crippen LogP contribution is 2.34. The molecular weight excluding hydrogens is 562 g/mol. The summed E-state index contributed by atoms with van der Waals surface area (Å²) < 4.78 is 14.6. The molecule has 4 rings (SSSR count). The Bertz CT molecular complexity index is 1280. The maximum absolute atomic E-state index is 12.6. The fourth-order valence-corrected chi connectivity index (χ4v) is 5.54. The number of benzene rings is 2. The van der Waals surface area contributed by atoms with Crippen molar-refractivity contribution in [3.63, 3.8) is 0 Å². The van der Waals surface area contributed by atoms with Crippen LogP contribution >= 0.6 is 43.2 Å². The molecule has 32 heavy (non-hydrogen) atoms. The second-order valence-corrected chi connectivity index (χ2v) is 9.58. The van der Waals surface area contributed by atoms with Crippen molar-refractivity contribution in [1.82, 2.24) is 19.8 Å². The van der Waals surface area contributed by atoms with E-state index in [0.717, 1.165) is 42.3 Å². The Labute approximate surface area is 205 Å². The maximum Gasteiger partial charge on any atom is 0.262 e. The quantitative estimate of drug-likeness (QED) is 0.320. The van der Waals surface area contributed by atoms with Gasteiger partial charge in [0.2, 0.25) is 4.96 Å². The third-order valence-electron chi connectivity index (χ3n) is 4.63. The fourth-order valence-electron chi connectivity index (χ4n) is 3.13. The van der Waals surface area contributed by atoms with E-state index in [-0.39, 0.29) is 12.5 Å². The number of nitrogens with zero attached hydrogens (tertiary/aromatic N) is 4. The van der Waals surface area contributed by atoms with Gasteiger partial charge in [-0.2, -0.15) is 9.61 Å². The summed E-state index contributed by atoms with van der Waals surface area (Å²) in [7, 11) is 1.56. The highest BCUT2D eigenvalue weighted by atomic mass is 79.9. The number of ether oxygens (including phenoxy) is 2. The molecule has 2 aromatic carbocycles. The second kappa shape index (κ2) is 9.55. The number of nitrogens with one attached hydrogen (secondary N) is 1. The minimum absolute atomic E-state index is 0.148. The van der Waals surface area contributed by atoms with Crippen LogP contribution in [0.5, 0.6) is 11.5 Å². The molecular formula is C21H19Br2N5O3S. The molecule has 0 aliphatic heterocycles. The maximum atomic E-state index is 12.6. The predicted octanol–water partition coefficient (Wildman–Crippen LogP) is 5.27. The van der Waals surface area contributed by atoms with E-state index in [2.05, 4.69) is 52.5 Å². The fraction of sp³-hybridized carbons (Fsp3) is 0.238. The number of hydrogen-bond acceptors (Lipinski definition) is 7. The van der Waals surface area contributed by atoms with Gasteiger partial charge in [-0.3, -0.25) is 4.79 Å². The number of hydrogen-bond donors (Lipinski definition) is 1. The largest absolute Gasteiger partial charge is 0.495 e. The summed E-state index contributed by atoms with van der Waals surface area (Å²) in [5.41, 5.74) is 2.28. The zero-order valence-corrected chi connectivity index (χ0v) is 21.5. The minimum atomic E-state index is -0.305. The molecule has 0 radical (unpaired) electrons. The van der Waals surface area contributed by atoms with Crippen molar-refractivity contribution >= 4 is 59.8 Å². The lowest BCUT2D eigenvalue weighted by atomic mass is 10.2. The number of amides is 1. The lowest BCUT2D eigenvalue weighted by molar-refractivity contribution is -0.118. The van der Waals surface area contributed by atoms with E-state index in [1.807, 2.05) is 38.1 Å². The number of carbonyl (C=O) groups excluding carboxylic acids is 1. The van der Waals surface area contributed by atoms with Crippen molar-refractivity contribution in [2.75, 3.05) is 19.0 Å². The molecule has 0 fully saturated rings. The third kappa shape index (κ3) is 4.64. The summed E-state index contributed by atoms with van der Waals surface area (Å²) in [4.78, 5) is 13.3. The number of fused-ring (bicyclic) bond motifs is 1. The van der Waals surface area contributed by atoms with E-state index in [4.69, 9.17) is 9.47 Å². The van der Waals surface area contributed by atoms with Crippen LogP contribution in [0.1, 0.15) is 18.3 Å². The monoisotopic (exact) mass is 579 g/mol. The molecule has 0 bridgehead atoms. The summed E-state index contributed by atoms with van der Waals surface area (Å²) in [6, 6.07) is 9.32. The molecule has 0 saturated heterocycles. The first-order valence-corrected chi connectivity index (χ1v) is 12.1. The first-order chi connectivity index (χ1) is 15.4. The first kappa shape index (κ1) is 22.7. The predicted molar refractivity (Wildman–Crippen MR) is 131 cm³/mol. The normalized spacial score (nSPS) is 11.0. The Morgan fingerprint density at radius 2 is 2.03 bits per heavy atom. The summed E-state index contributed by atoms with van der Waals surface area (Å²) in [5, 5.41) is 16.5. The van der Waals surface area contributed by atoms with Crippen LogP contribution in [0.25, 0.3) is 15.5 Å². The van der Waals surface area contributed by atoms with Gasteiger partial charge in [-0.05, 0) is 58.7 Å². The molecule has 4 aromatic rings. The molecule has 166 valence electrons. The van der Waals surface area contributed by atoms with Crippen molar-refractivity contribution in [2.45, 2.75) is 20.3 Å². The van der Waals surface area contributed by atoms with Gasteiger partial charge in [-0.15, -0.1) is 10.2 Å². The van der Waals surface area contributed by atoms with Gasteiger partial charge in [0, 0.05) is 16.5 Å².